The second-order valence-corrected chi connectivity index (χ2v) is 10.8. The maximum atomic E-state index is 12.4. The van der Waals surface area contributed by atoms with Gasteiger partial charge in [0.05, 0.1) is 25.4 Å². The van der Waals surface area contributed by atoms with E-state index < -0.39 is 5.79 Å². The van der Waals surface area contributed by atoms with Crippen LogP contribution in [0.25, 0.3) is 0 Å². The highest BCUT2D eigenvalue weighted by Crippen LogP contribution is 2.41. The number of piperidine rings is 1. The van der Waals surface area contributed by atoms with Crippen LogP contribution in [0.4, 0.5) is 0 Å². The van der Waals surface area contributed by atoms with Gasteiger partial charge < -0.3 is 24.3 Å². The summed E-state index contributed by atoms with van der Waals surface area (Å²) in [5.41, 5.74) is 2.57. The monoisotopic (exact) mass is 467 g/mol. The largest absolute Gasteiger partial charge is 0.423 e. The molecule has 6 nitrogen and oxygen atoms in total. The van der Waals surface area contributed by atoms with Gasteiger partial charge in [0.1, 0.15) is 11.9 Å². The molecular formula is C28H37NO5. The fraction of sp³-hybridized carbons (Fsp3) is 0.536. The first-order valence-electron chi connectivity index (χ1n) is 12.2. The van der Waals surface area contributed by atoms with Crippen LogP contribution in [-0.2, 0) is 27.2 Å². The Balaban J connectivity index is 1.26. The lowest BCUT2D eigenvalue weighted by Gasteiger charge is -2.53. The molecule has 0 unspecified atom stereocenters. The van der Waals surface area contributed by atoms with Crippen molar-refractivity contribution in [2.45, 2.75) is 83.5 Å². The van der Waals surface area contributed by atoms with E-state index in [9.17, 15) is 4.79 Å². The lowest BCUT2D eigenvalue weighted by molar-refractivity contribution is -0.323. The summed E-state index contributed by atoms with van der Waals surface area (Å²) < 4.78 is 24.0. The Morgan fingerprint density at radius 2 is 1.47 bits per heavy atom. The van der Waals surface area contributed by atoms with E-state index in [1.54, 1.807) is 12.1 Å². The molecule has 1 N–H and O–H groups in total. The molecular weight excluding hydrogens is 430 g/mol. The van der Waals surface area contributed by atoms with Crippen LogP contribution in [0.2, 0.25) is 0 Å². The van der Waals surface area contributed by atoms with Crippen molar-refractivity contribution in [3.8, 4) is 5.75 Å². The Bertz CT molecular complexity index is 955. The Morgan fingerprint density at radius 3 is 2.03 bits per heavy atom. The van der Waals surface area contributed by atoms with Crippen molar-refractivity contribution in [2.24, 2.45) is 0 Å². The van der Waals surface area contributed by atoms with Crippen molar-refractivity contribution in [1.82, 2.24) is 5.32 Å². The molecule has 0 atom stereocenters. The summed E-state index contributed by atoms with van der Waals surface area (Å²) in [7, 11) is 0. The zero-order valence-electron chi connectivity index (χ0n) is 21.0. The van der Waals surface area contributed by atoms with Crippen molar-refractivity contribution in [3.05, 3.63) is 65.2 Å². The van der Waals surface area contributed by atoms with Gasteiger partial charge in [0.25, 0.3) is 0 Å². The molecule has 0 amide bonds. The van der Waals surface area contributed by atoms with Gasteiger partial charge in [-0.25, -0.2) is 4.79 Å². The first-order chi connectivity index (χ1) is 16.1. The highest BCUT2D eigenvalue weighted by atomic mass is 16.7. The van der Waals surface area contributed by atoms with E-state index in [2.05, 4.69) is 39.9 Å². The second kappa shape index (κ2) is 9.78. The third-order valence-corrected chi connectivity index (χ3v) is 6.38. The first-order valence-corrected chi connectivity index (χ1v) is 12.2. The summed E-state index contributed by atoms with van der Waals surface area (Å²) in [6.45, 7) is 12.3. The molecule has 2 aliphatic heterocycles. The maximum Gasteiger partial charge on any atom is 0.343 e. The van der Waals surface area contributed by atoms with E-state index in [-0.39, 0.29) is 23.2 Å². The van der Waals surface area contributed by atoms with Crippen LogP contribution >= 0.6 is 0 Å². The van der Waals surface area contributed by atoms with Crippen molar-refractivity contribution < 1.29 is 23.7 Å². The van der Waals surface area contributed by atoms with E-state index >= 15 is 0 Å². The number of nitrogens with one attached hydrogen (secondary N) is 1. The standard InChI is InChI=1S/C28H37NO5/c1-6-20-9-13-23(14-10-20)34-25(30)22-11-7-21(8-12-22)15-31-24-16-32-28(33-17-24)18-26(2,3)29-27(4,5)19-28/h7-14,24,29H,6,15-19H2,1-5H3. The molecule has 2 aromatic carbocycles. The molecule has 184 valence electrons. The zero-order valence-corrected chi connectivity index (χ0v) is 21.0. The average molecular weight is 468 g/mol. The van der Waals surface area contributed by atoms with Crippen molar-refractivity contribution in [3.63, 3.8) is 0 Å². The highest BCUT2D eigenvalue weighted by molar-refractivity contribution is 5.91. The molecule has 1 spiro atoms. The number of carbonyl (C=O) groups excluding carboxylic acids is 1. The summed E-state index contributed by atoms with van der Waals surface area (Å²) in [5, 5.41) is 3.67. The van der Waals surface area contributed by atoms with Crippen LogP contribution in [-0.4, -0.2) is 42.2 Å². The lowest BCUT2D eigenvalue weighted by atomic mass is 9.78. The van der Waals surface area contributed by atoms with Gasteiger partial charge in [0.15, 0.2) is 5.79 Å². The van der Waals surface area contributed by atoms with Crippen LogP contribution in [0.15, 0.2) is 48.5 Å². The van der Waals surface area contributed by atoms with E-state index in [4.69, 9.17) is 18.9 Å². The number of ether oxygens (including phenoxy) is 4. The zero-order chi connectivity index (χ0) is 24.4. The molecule has 0 aliphatic carbocycles. The van der Waals surface area contributed by atoms with Gasteiger partial charge in [0.2, 0.25) is 0 Å². The molecule has 34 heavy (non-hydrogen) atoms. The van der Waals surface area contributed by atoms with E-state index in [1.165, 1.54) is 5.56 Å². The van der Waals surface area contributed by atoms with Crippen molar-refractivity contribution in [2.75, 3.05) is 13.2 Å². The molecule has 6 heteroatoms. The summed E-state index contributed by atoms with van der Waals surface area (Å²) in [5.74, 6) is -0.383. The minimum atomic E-state index is -0.559. The molecule has 4 rings (SSSR count). The van der Waals surface area contributed by atoms with Crippen molar-refractivity contribution >= 4 is 5.97 Å². The van der Waals surface area contributed by atoms with Gasteiger partial charge in [0, 0.05) is 23.9 Å². The minimum Gasteiger partial charge on any atom is -0.423 e. The topological polar surface area (TPSA) is 66.0 Å². The third-order valence-electron chi connectivity index (χ3n) is 6.38. The van der Waals surface area contributed by atoms with Gasteiger partial charge in [-0.1, -0.05) is 31.2 Å². The molecule has 2 aromatic rings. The van der Waals surface area contributed by atoms with Crippen LogP contribution in [0.3, 0.4) is 0 Å². The summed E-state index contributed by atoms with van der Waals surface area (Å²) in [4.78, 5) is 12.4. The normalized spacial score (nSPS) is 21.3. The summed E-state index contributed by atoms with van der Waals surface area (Å²) in [6.07, 6.45) is 2.43. The molecule has 0 saturated carbocycles. The van der Waals surface area contributed by atoms with Gasteiger partial charge in [-0.05, 0) is 69.5 Å². The molecule has 0 bridgehead atoms. The Kier molecular flexibility index (Phi) is 7.15. The summed E-state index contributed by atoms with van der Waals surface area (Å²) in [6, 6.07) is 14.9. The Hall–Kier alpha value is -2.25. The van der Waals surface area contributed by atoms with Gasteiger partial charge in [-0.15, -0.1) is 0 Å². The van der Waals surface area contributed by atoms with E-state index in [0.717, 1.165) is 24.8 Å². The molecule has 2 saturated heterocycles. The predicted octanol–water partition coefficient (Wildman–Crippen LogP) is 5.04. The van der Waals surface area contributed by atoms with Crippen molar-refractivity contribution in [1.29, 1.82) is 0 Å². The van der Waals surface area contributed by atoms with Crippen LogP contribution in [0.1, 0.15) is 68.9 Å². The average Bonchev–Trinajstić information content (AvgIpc) is 2.77. The molecule has 0 aromatic heterocycles. The maximum absolute atomic E-state index is 12.4. The lowest BCUT2D eigenvalue weighted by Crippen LogP contribution is -2.66. The van der Waals surface area contributed by atoms with E-state index in [1.807, 2.05) is 36.4 Å². The Morgan fingerprint density at radius 1 is 0.912 bits per heavy atom. The van der Waals surface area contributed by atoms with Gasteiger partial charge >= 0.3 is 5.97 Å². The predicted molar refractivity (Wildman–Crippen MR) is 131 cm³/mol. The highest BCUT2D eigenvalue weighted by Gasteiger charge is 2.50. The smallest absolute Gasteiger partial charge is 0.343 e. The summed E-state index contributed by atoms with van der Waals surface area (Å²) >= 11 is 0. The second-order valence-electron chi connectivity index (χ2n) is 10.8. The van der Waals surface area contributed by atoms with Crippen LogP contribution in [0, 0.1) is 0 Å². The third kappa shape index (κ3) is 6.25. The SMILES string of the molecule is CCc1ccc(OC(=O)c2ccc(COC3COC4(CC(C)(C)NC(C)(C)C4)OC3)cc2)cc1. The van der Waals surface area contributed by atoms with Crippen LogP contribution < -0.4 is 10.1 Å². The number of hydrogen-bond acceptors (Lipinski definition) is 6. The fourth-order valence-corrected chi connectivity index (χ4v) is 5.20. The molecule has 2 aliphatic rings. The quantitative estimate of drug-likeness (QED) is 0.474. The number of benzene rings is 2. The van der Waals surface area contributed by atoms with Gasteiger partial charge in [-0.3, -0.25) is 0 Å². The van der Waals surface area contributed by atoms with Crippen LogP contribution in [0.5, 0.6) is 5.75 Å². The minimum absolute atomic E-state index is 0.0582. The number of rotatable bonds is 6. The fourth-order valence-electron chi connectivity index (χ4n) is 5.20. The number of carbonyl (C=O) groups is 1. The number of hydrogen-bond donors (Lipinski definition) is 1. The van der Waals surface area contributed by atoms with Gasteiger partial charge in [-0.2, -0.15) is 0 Å². The van der Waals surface area contributed by atoms with E-state index in [0.29, 0.717) is 31.1 Å². The molecule has 2 fully saturated rings. The first kappa shape index (κ1) is 24.9. The molecule has 2 heterocycles. The molecule has 0 radical (unpaired) electrons. The Labute approximate surface area is 202 Å². The number of esters is 1. The number of aryl methyl sites for hydroxylation is 1.